The molecule has 2 rings (SSSR count). The fraction of sp³-hybridized carbons (Fsp3) is 0.462. The zero-order valence-electron chi connectivity index (χ0n) is 10.6. The summed E-state index contributed by atoms with van der Waals surface area (Å²) in [5.74, 6) is 0.481. The summed E-state index contributed by atoms with van der Waals surface area (Å²) in [6, 6.07) is 4.25. The lowest BCUT2D eigenvalue weighted by atomic mass is 10.1. The Morgan fingerprint density at radius 3 is 2.88 bits per heavy atom. The van der Waals surface area contributed by atoms with Crippen LogP contribution in [0.2, 0.25) is 0 Å². The molecular formula is C13H19N3S. The summed E-state index contributed by atoms with van der Waals surface area (Å²) in [4.78, 5) is 1.37. The lowest BCUT2D eigenvalue weighted by molar-refractivity contribution is 0.683. The zero-order valence-corrected chi connectivity index (χ0v) is 11.4. The maximum Gasteiger partial charge on any atom is 0.0694 e. The first-order valence-corrected chi connectivity index (χ1v) is 6.80. The maximum absolute atomic E-state index is 4.51. The molecule has 2 heterocycles. The summed E-state index contributed by atoms with van der Waals surface area (Å²) in [5, 5.41) is 10.1. The van der Waals surface area contributed by atoms with Crippen molar-refractivity contribution in [2.75, 3.05) is 0 Å². The number of aryl methyl sites for hydroxylation is 1. The summed E-state index contributed by atoms with van der Waals surface area (Å²) in [6.07, 6.45) is 2.11. The van der Waals surface area contributed by atoms with Gasteiger partial charge < -0.3 is 5.32 Å². The molecule has 0 aliphatic carbocycles. The van der Waals surface area contributed by atoms with E-state index in [-0.39, 0.29) is 0 Å². The first-order chi connectivity index (χ1) is 8.16. The summed E-state index contributed by atoms with van der Waals surface area (Å²) in [5.41, 5.74) is 2.50. The predicted octanol–water partition coefficient (Wildman–Crippen LogP) is 2.89. The number of nitrogens with one attached hydrogen (secondary N) is 1. The SMILES string of the molecule is CC(C)c1nn(C)cc1CNCc1cccs1. The smallest absolute Gasteiger partial charge is 0.0694 e. The zero-order chi connectivity index (χ0) is 12.3. The van der Waals surface area contributed by atoms with Gasteiger partial charge >= 0.3 is 0 Å². The predicted molar refractivity (Wildman–Crippen MR) is 72.2 cm³/mol. The van der Waals surface area contributed by atoms with Crippen molar-refractivity contribution in [3.8, 4) is 0 Å². The van der Waals surface area contributed by atoms with Crippen molar-refractivity contribution in [2.24, 2.45) is 7.05 Å². The highest BCUT2D eigenvalue weighted by molar-refractivity contribution is 7.09. The van der Waals surface area contributed by atoms with Crippen LogP contribution in [-0.4, -0.2) is 9.78 Å². The Morgan fingerprint density at radius 1 is 1.41 bits per heavy atom. The van der Waals surface area contributed by atoms with Crippen LogP contribution in [0.25, 0.3) is 0 Å². The van der Waals surface area contributed by atoms with Crippen molar-refractivity contribution >= 4 is 11.3 Å². The summed E-state index contributed by atoms with van der Waals surface area (Å²) < 4.78 is 1.90. The number of aromatic nitrogens is 2. The molecule has 0 fully saturated rings. The van der Waals surface area contributed by atoms with Crippen LogP contribution < -0.4 is 5.32 Å². The van der Waals surface area contributed by atoms with Crippen molar-refractivity contribution < 1.29 is 0 Å². The van der Waals surface area contributed by atoms with Crippen LogP contribution >= 0.6 is 11.3 Å². The molecule has 1 N–H and O–H groups in total. The first-order valence-electron chi connectivity index (χ1n) is 5.92. The minimum atomic E-state index is 0.481. The number of rotatable bonds is 5. The van der Waals surface area contributed by atoms with Gasteiger partial charge in [-0.05, 0) is 17.4 Å². The van der Waals surface area contributed by atoms with E-state index >= 15 is 0 Å². The number of hydrogen-bond donors (Lipinski definition) is 1. The molecule has 0 bridgehead atoms. The molecule has 2 aromatic rings. The topological polar surface area (TPSA) is 29.9 Å². The van der Waals surface area contributed by atoms with E-state index in [1.807, 2.05) is 11.7 Å². The van der Waals surface area contributed by atoms with Gasteiger partial charge in [0.05, 0.1) is 5.69 Å². The third-order valence-corrected chi connectivity index (χ3v) is 3.56. The van der Waals surface area contributed by atoms with Crippen LogP contribution in [0.3, 0.4) is 0 Å². The van der Waals surface area contributed by atoms with Crippen LogP contribution in [0.1, 0.15) is 35.9 Å². The Morgan fingerprint density at radius 2 is 2.24 bits per heavy atom. The van der Waals surface area contributed by atoms with E-state index in [0.717, 1.165) is 13.1 Å². The maximum atomic E-state index is 4.51. The van der Waals surface area contributed by atoms with E-state index < -0.39 is 0 Å². The minimum Gasteiger partial charge on any atom is -0.308 e. The standard InChI is InChI=1S/C13H19N3S/c1-10(2)13-11(9-16(3)15-13)7-14-8-12-5-4-6-17-12/h4-6,9-10,14H,7-8H2,1-3H3. The summed E-state index contributed by atoms with van der Waals surface area (Å²) in [6.45, 7) is 6.19. The Bertz CT molecular complexity index is 457. The van der Waals surface area contributed by atoms with Gasteiger partial charge in [0.2, 0.25) is 0 Å². The second kappa shape index (κ2) is 5.47. The second-order valence-electron chi connectivity index (χ2n) is 4.55. The molecule has 0 aliphatic heterocycles. The van der Waals surface area contributed by atoms with Crippen LogP contribution in [0.15, 0.2) is 23.7 Å². The molecule has 0 unspecified atom stereocenters. The molecule has 0 saturated heterocycles. The van der Waals surface area contributed by atoms with Gasteiger partial charge in [0.15, 0.2) is 0 Å². The molecule has 0 atom stereocenters. The molecular weight excluding hydrogens is 230 g/mol. The molecule has 17 heavy (non-hydrogen) atoms. The Hall–Kier alpha value is -1.13. The Kier molecular flexibility index (Phi) is 3.97. The molecule has 3 nitrogen and oxygen atoms in total. The first kappa shape index (κ1) is 12.3. The lowest BCUT2D eigenvalue weighted by Crippen LogP contribution is -2.12. The molecule has 2 aromatic heterocycles. The number of nitrogens with zero attached hydrogens (tertiary/aromatic N) is 2. The van der Waals surface area contributed by atoms with Crippen molar-refractivity contribution in [3.05, 3.63) is 39.8 Å². The summed E-state index contributed by atoms with van der Waals surface area (Å²) >= 11 is 1.79. The van der Waals surface area contributed by atoms with Gasteiger partial charge in [-0.2, -0.15) is 5.10 Å². The fourth-order valence-corrected chi connectivity index (χ4v) is 2.59. The third kappa shape index (κ3) is 3.17. The molecule has 4 heteroatoms. The van der Waals surface area contributed by atoms with Gasteiger partial charge in [-0.1, -0.05) is 19.9 Å². The third-order valence-electron chi connectivity index (χ3n) is 2.68. The highest BCUT2D eigenvalue weighted by atomic mass is 32.1. The van der Waals surface area contributed by atoms with Crippen molar-refractivity contribution in [3.63, 3.8) is 0 Å². The molecule has 0 spiro atoms. The van der Waals surface area contributed by atoms with Crippen LogP contribution in [0.4, 0.5) is 0 Å². The number of thiophene rings is 1. The van der Waals surface area contributed by atoms with E-state index in [2.05, 4.69) is 48.0 Å². The van der Waals surface area contributed by atoms with Gasteiger partial charge in [-0.25, -0.2) is 0 Å². The molecule has 0 amide bonds. The van der Waals surface area contributed by atoms with E-state index in [1.165, 1.54) is 16.1 Å². The second-order valence-corrected chi connectivity index (χ2v) is 5.58. The van der Waals surface area contributed by atoms with Gasteiger partial charge in [0, 0.05) is 36.8 Å². The fourth-order valence-electron chi connectivity index (χ4n) is 1.91. The van der Waals surface area contributed by atoms with E-state index in [1.54, 1.807) is 11.3 Å². The monoisotopic (exact) mass is 249 g/mol. The van der Waals surface area contributed by atoms with Crippen molar-refractivity contribution in [1.29, 1.82) is 0 Å². The van der Waals surface area contributed by atoms with Crippen molar-refractivity contribution in [1.82, 2.24) is 15.1 Å². The molecule has 0 aromatic carbocycles. The largest absolute Gasteiger partial charge is 0.308 e. The number of hydrogen-bond acceptors (Lipinski definition) is 3. The lowest BCUT2D eigenvalue weighted by Gasteiger charge is -2.06. The molecule has 92 valence electrons. The van der Waals surface area contributed by atoms with E-state index in [4.69, 9.17) is 0 Å². The minimum absolute atomic E-state index is 0.481. The Labute approximate surface area is 106 Å². The van der Waals surface area contributed by atoms with Gasteiger partial charge in [-0.15, -0.1) is 11.3 Å². The van der Waals surface area contributed by atoms with Gasteiger partial charge in [0.25, 0.3) is 0 Å². The van der Waals surface area contributed by atoms with Crippen LogP contribution in [0.5, 0.6) is 0 Å². The highest BCUT2D eigenvalue weighted by Crippen LogP contribution is 2.17. The van der Waals surface area contributed by atoms with Crippen LogP contribution in [-0.2, 0) is 20.1 Å². The molecule has 0 aliphatic rings. The normalized spacial score (nSPS) is 11.3. The molecule has 0 saturated carbocycles. The average Bonchev–Trinajstić information content (AvgIpc) is 2.88. The average molecular weight is 249 g/mol. The quantitative estimate of drug-likeness (QED) is 0.883. The van der Waals surface area contributed by atoms with Gasteiger partial charge in [-0.3, -0.25) is 4.68 Å². The van der Waals surface area contributed by atoms with Crippen LogP contribution in [0, 0.1) is 0 Å². The highest BCUT2D eigenvalue weighted by Gasteiger charge is 2.10. The van der Waals surface area contributed by atoms with Gasteiger partial charge in [0.1, 0.15) is 0 Å². The molecule has 0 radical (unpaired) electrons. The van der Waals surface area contributed by atoms with E-state index in [9.17, 15) is 0 Å². The Balaban J connectivity index is 1.94. The van der Waals surface area contributed by atoms with Crippen molar-refractivity contribution in [2.45, 2.75) is 32.9 Å². The van der Waals surface area contributed by atoms with E-state index in [0.29, 0.717) is 5.92 Å². The summed E-state index contributed by atoms with van der Waals surface area (Å²) in [7, 11) is 1.98.